The zero-order valence-electron chi connectivity index (χ0n) is 11.4. The Bertz CT molecular complexity index is 415. The molecule has 0 amide bonds. The molecule has 0 fully saturated rings. The number of carboxylic acids is 1. The highest BCUT2D eigenvalue weighted by atomic mass is 16.5. The second-order valence-corrected chi connectivity index (χ2v) is 5.06. The summed E-state index contributed by atoms with van der Waals surface area (Å²) in [5.41, 5.74) is 0.576. The first-order valence-electron chi connectivity index (χ1n) is 6.00. The summed E-state index contributed by atoms with van der Waals surface area (Å²) < 4.78 is 5.86. The van der Waals surface area contributed by atoms with E-state index in [4.69, 9.17) is 9.84 Å². The van der Waals surface area contributed by atoms with Crippen LogP contribution in [0.15, 0.2) is 24.3 Å². The third kappa shape index (κ3) is 4.37. The van der Waals surface area contributed by atoms with Gasteiger partial charge in [-0.15, -0.1) is 0 Å². The van der Waals surface area contributed by atoms with Gasteiger partial charge in [0.05, 0.1) is 0 Å². The smallest absolute Gasteiger partial charge is 0.320 e. The lowest BCUT2D eigenvalue weighted by Crippen LogP contribution is -2.42. The number of aliphatic carboxylic acids is 1. The number of aryl methyl sites for hydroxylation is 1. The van der Waals surface area contributed by atoms with Gasteiger partial charge in [-0.1, -0.05) is 12.1 Å². The largest absolute Gasteiger partial charge is 0.488 e. The van der Waals surface area contributed by atoms with Crippen LogP contribution in [0.2, 0.25) is 0 Å². The van der Waals surface area contributed by atoms with Crippen molar-refractivity contribution in [1.29, 1.82) is 0 Å². The molecule has 1 rings (SSSR count). The fraction of sp³-hybridized carbons (Fsp3) is 0.500. The molecule has 0 bridgehead atoms. The molecule has 0 radical (unpaired) electrons. The molecule has 1 aromatic carbocycles. The number of carboxylic acid groups (broad SMARTS) is 1. The lowest BCUT2D eigenvalue weighted by Gasteiger charge is -2.29. The first-order chi connectivity index (χ1) is 8.34. The van der Waals surface area contributed by atoms with Crippen LogP contribution in [0.25, 0.3) is 0 Å². The molecular formula is C14H21NO3. The van der Waals surface area contributed by atoms with Crippen LogP contribution in [-0.4, -0.2) is 29.8 Å². The number of nitrogens with one attached hydrogen (secondary N) is 1. The van der Waals surface area contributed by atoms with Gasteiger partial charge in [-0.3, -0.25) is 4.79 Å². The Kier molecular flexibility index (Phi) is 4.73. The Morgan fingerprint density at radius 3 is 2.67 bits per heavy atom. The lowest BCUT2D eigenvalue weighted by molar-refractivity contribution is -0.140. The number of carbonyl (C=O) groups is 1. The van der Waals surface area contributed by atoms with E-state index in [1.165, 1.54) is 0 Å². The highest BCUT2D eigenvalue weighted by Crippen LogP contribution is 2.23. The minimum Gasteiger partial charge on any atom is -0.488 e. The van der Waals surface area contributed by atoms with Gasteiger partial charge >= 0.3 is 5.97 Å². The number of hydrogen-bond donors (Lipinski definition) is 2. The quantitative estimate of drug-likeness (QED) is 0.814. The number of ether oxygens (including phenoxy) is 1. The topological polar surface area (TPSA) is 58.6 Å². The first-order valence-corrected chi connectivity index (χ1v) is 6.00. The van der Waals surface area contributed by atoms with Crippen molar-refractivity contribution in [2.75, 3.05) is 7.05 Å². The lowest BCUT2D eigenvalue weighted by atomic mass is 9.98. The summed E-state index contributed by atoms with van der Waals surface area (Å²) >= 11 is 0. The number of benzene rings is 1. The summed E-state index contributed by atoms with van der Waals surface area (Å²) in [5.74, 6) is -0.0985. The normalized spacial score (nSPS) is 13.1. The maximum absolute atomic E-state index is 11.0. The third-order valence-corrected chi connectivity index (χ3v) is 2.73. The Hall–Kier alpha value is -1.55. The average Bonchev–Trinajstić information content (AvgIpc) is 2.25. The fourth-order valence-corrected chi connectivity index (χ4v) is 1.84. The van der Waals surface area contributed by atoms with E-state index in [-0.39, 0.29) is 0 Å². The Morgan fingerprint density at radius 2 is 2.17 bits per heavy atom. The van der Waals surface area contributed by atoms with Crippen molar-refractivity contribution in [3.8, 4) is 5.75 Å². The predicted octanol–water partition coefficient (Wildman–Crippen LogP) is 2.22. The summed E-state index contributed by atoms with van der Waals surface area (Å²) in [4.78, 5) is 11.0. The molecule has 18 heavy (non-hydrogen) atoms. The number of likely N-dealkylation sites (N-methyl/N-ethyl adjacent to an activating group) is 1. The van der Waals surface area contributed by atoms with E-state index in [9.17, 15) is 4.79 Å². The molecule has 0 aliphatic rings. The third-order valence-electron chi connectivity index (χ3n) is 2.73. The van der Waals surface area contributed by atoms with Gasteiger partial charge in [-0.25, -0.2) is 0 Å². The SMILES string of the molecule is CNC(CC(C)(C)Oc1cccc(C)c1)C(=O)O. The van der Waals surface area contributed by atoms with Crippen LogP contribution in [0.5, 0.6) is 5.75 Å². The van der Waals surface area contributed by atoms with Gasteiger partial charge in [0.1, 0.15) is 17.4 Å². The van der Waals surface area contributed by atoms with Crippen molar-refractivity contribution in [2.45, 2.75) is 38.8 Å². The van der Waals surface area contributed by atoms with Crippen molar-refractivity contribution in [3.05, 3.63) is 29.8 Å². The Labute approximate surface area is 108 Å². The van der Waals surface area contributed by atoms with E-state index in [0.717, 1.165) is 11.3 Å². The summed E-state index contributed by atoms with van der Waals surface area (Å²) in [6, 6.07) is 7.13. The molecule has 1 atom stereocenters. The van der Waals surface area contributed by atoms with Crippen molar-refractivity contribution < 1.29 is 14.6 Å². The Morgan fingerprint density at radius 1 is 1.50 bits per heavy atom. The minimum absolute atomic E-state index is 0.396. The van der Waals surface area contributed by atoms with Crippen LogP contribution in [0, 0.1) is 6.92 Å². The fourth-order valence-electron chi connectivity index (χ4n) is 1.84. The van der Waals surface area contributed by atoms with Crippen molar-refractivity contribution in [2.24, 2.45) is 0 Å². The highest BCUT2D eigenvalue weighted by molar-refractivity contribution is 5.73. The van der Waals surface area contributed by atoms with E-state index in [1.54, 1.807) is 7.05 Å². The summed E-state index contributed by atoms with van der Waals surface area (Å²) in [7, 11) is 1.64. The van der Waals surface area contributed by atoms with Crippen LogP contribution in [0.1, 0.15) is 25.8 Å². The molecule has 0 aliphatic heterocycles. The molecule has 0 saturated carbocycles. The Balaban J connectivity index is 2.72. The maximum Gasteiger partial charge on any atom is 0.320 e. The van der Waals surface area contributed by atoms with Crippen LogP contribution in [-0.2, 0) is 4.79 Å². The molecule has 0 spiro atoms. The zero-order valence-corrected chi connectivity index (χ0v) is 11.4. The summed E-state index contributed by atoms with van der Waals surface area (Å²) in [6.07, 6.45) is 0.396. The summed E-state index contributed by atoms with van der Waals surface area (Å²) in [6.45, 7) is 5.78. The van der Waals surface area contributed by atoms with Crippen molar-refractivity contribution >= 4 is 5.97 Å². The minimum atomic E-state index is -0.863. The van der Waals surface area contributed by atoms with Gasteiger partial charge in [0.25, 0.3) is 0 Å². The van der Waals surface area contributed by atoms with E-state index in [2.05, 4.69) is 5.32 Å². The molecule has 4 nitrogen and oxygen atoms in total. The van der Waals surface area contributed by atoms with Crippen LogP contribution in [0.4, 0.5) is 0 Å². The van der Waals surface area contributed by atoms with E-state index >= 15 is 0 Å². The van der Waals surface area contributed by atoms with E-state index in [0.29, 0.717) is 6.42 Å². The predicted molar refractivity (Wildman–Crippen MR) is 71.0 cm³/mol. The highest BCUT2D eigenvalue weighted by Gasteiger charge is 2.28. The van der Waals surface area contributed by atoms with Gasteiger partial charge in [-0.05, 0) is 45.5 Å². The number of hydrogen-bond acceptors (Lipinski definition) is 3. The second kappa shape index (κ2) is 5.87. The van der Waals surface area contributed by atoms with Gasteiger partial charge in [0.2, 0.25) is 0 Å². The van der Waals surface area contributed by atoms with Crippen LogP contribution >= 0.6 is 0 Å². The van der Waals surface area contributed by atoms with Crippen LogP contribution in [0.3, 0.4) is 0 Å². The maximum atomic E-state index is 11.0. The van der Waals surface area contributed by atoms with Gasteiger partial charge in [0.15, 0.2) is 0 Å². The zero-order chi connectivity index (χ0) is 13.8. The molecule has 100 valence electrons. The van der Waals surface area contributed by atoms with Crippen molar-refractivity contribution in [1.82, 2.24) is 5.32 Å². The molecule has 1 aromatic rings. The molecule has 0 aliphatic carbocycles. The molecule has 0 heterocycles. The molecule has 0 aromatic heterocycles. The van der Waals surface area contributed by atoms with E-state index < -0.39 is 17.6 Å². The molecule has 1 unspecified atom stereocenters. The van der Waals surface area contributed by atoms with Crippen LogP contribution < -0.4 is 10.1 Å². The van der Waals surface area contributed by atoms with Crippen molar-refractivity contribution in [3.63, 3.8) is 0 Å². The van der Waals surface area contributed by atoms with E-state index in [1.807, 2.05) is 45.0 Å². The molecule has 0 saturated heterocycles. The summed E-state index contributed by atoms with van der Waals surface area (Å²) in [5, 5.41) is 11.8. The van der Waals surface area contributed by atoms with Gasteiger partial charge in [0, 0.05) is 6.42 Å². The molecule has 2 N–H and O–H groups in total. The van der Waals surface area contributed by atoms with Gasteiger partial charge in [-0.2, -0.15) is 0 Å². The standard InChI is InChI=1S/C14H21NO3/c1-10-6-5-7-11(8-10)18-14(2,3)9-12(15-4)13(16)17/h5-8,12,15H,9H2,1-4H3,(H,16,17). The second-order valence-electron chi connectivity index (χ2n) is 5.06. The number of rotatable bonds is 6. The average molecular weight is 251 g/mol. The van der Waals surface area contributed by atoms with Gasteiger partial charge < -0.3 is 15.2 Å². The molecule has 4 heteroatoms. The molecular weight excluding hydrogens is 230 g/mol. The monoisotopic (exact) mass is 251 g/mol. The first kappa shape index (κ1) is 14.5.